The van der Waals surface area contributed by atoms with Crippen molar-refractivity contribution in [1.29, 1.82) is 0 Å². The number of piperidine rings is 1. The lowest BCUT2D eigenvalue weighted by atomic mass is 10.0. The Hall–Kier alpha value is 0.300. The van der Waals surface area contributed by atoms with E-state index in [2.05, 4.69) is 22.9 Å². The number of alkyl halides is 3. The molecule has 0 aromatic rings. The molecule has 1 heterocycles. The van der Waals surface area contributed by atoms with Gasteiger partial charge in [0.15, 0.2) is 0 Å². The van der Waals surface area contributed by atoms with Crippen LogP contribution in [-0.4, -0.2) is 35.8 Å². The lowest BCUT2D eigenvalue weighted by molar-refractivity contribution is 0.0697. The highest BCUT2D eigenvalue weighted by molar-refractivity contribution is 9.09. The molecule has 2 atom stereocenters. The number of hydrogen-bond donors (Lipinski definition) is 0. The first-order valence-corrected chi connectivity index (χ1v) is 5.14. The Morgan fingerprint density at radius 1 is 1.50 bits per heavy atom. The van der Waals surface area contributed by atoms with E-state index >= 15 is 0 Å². The number of likely N-dealkylation sites (tertiary alicyclic amines) is 1. The van der Waals surface area contributed by atoms with Gasteiger partial charge in [-0.25, -0.2) is 8.78 Å². The molecule has 72 valence electrons. The Morgan fingerprint density at radius 2 is 2.17 bits per heavy atom. The third kappa shape index (κ3) is 3.35. The van der Waals surface area contributed by atoms with Crippen molar-refractivity contribution >= 4 is 15.9 Å². The Morgan fingerprint density at radius 3 is 2.67 bits per heavy atom. The van der Waals surface area contributed by atoms with Crippen molar-refractivity contribution in [2.75, 3.05) is 19.6 Å². The molecule has 1 rings (SSSR count). The maximum atomic E-state index is 12.0. The zero-order chi connectivity index (χ0) is 9.14. The summed E-state index contributed by atoms with van der Waals surface area (Å²) in [5.41, 5.74) is 0. The summed E-state index contributed by atoms with van der Waals surface area (Å²) in [6, 6.07) is 0. The second kappa shape index (κ2) is 4.51. The molecular formula is C8H14BrF2N. The van der Waals surface area contributed by atoms with Gasteiger partial charge in [0.1, 0.15) is 0 Å². The predicted molar refractivity (Wildman–Crippen MR) is 48.9 cm³/mol. The van der Waals surface area contributed by atoms with Crippen LogP contribution in [0.15, 0.2) is 0 Å². The number of nitrogens with zero attached hydrogens (tertiary/aromatic N) is 1. The average molecular weight is 242 g/mol. The zero-order valence-electron chi connectivity index (χ0n) is 7.14. The Labute approximate surface area is 80.2 Å². The molecule has 0 bridgehead atoms. The molecule has 1 nitrogen and oxygen atoms in total. The summed E-state index contributed by atoms with van der Waals surface area (Å²) in [7, 11) is 0. The van der Waals surface area contributed by atoms with Crippen molar-refractivity contribution in [3.8, 4) is 0 Å². The van der Waals surface area contributed by atoms with Gasteiger partial charge >= 0.3 is 0 Å². The molecule has 0 spiro atoms. The van der Waals surface area contributed by atoms with E-state index in [1.165, 1.54) is 0 Å². The van der Waals surface area contributed by atoms with Crippen LogP contribution < -0.4 is 0 Å². The molecule has 0 amide bonds. The minimum absolute atomic E-state index is 0.0769. The smallest absolute Gasteiger partial charge is 0.251 e. The first-order valence-electron chi connectivity index (χ1n) is 4.22. The maximum absolute atomic E-state index is 12.0. The molecule has 0 radical (unpaired) electrons. The molecule has 0 saturated carbocycles. The van der Waals surface area contributed by atoms with Crippen LogP contribution in [0.3, 0.4) is 0 Å². The largest absolute Gasteiger partial charge is 0.296 e. The highest BCUT2D eigenvalue weighted by Crippen LogP contribution is 2.21. The van der Waals surface area contributed by atoms with E-state index in [0.717, 1.165) is 19.5 Å². The first kappa shape index (κ1) is 10.4. The molecule has 0 aromatic carbocycles. The van der Waals surface area contributed by atoms with Gasteiger partial charge in [-0.05, 0) is 12.3 Å². The van der Waals surface area contributed by atoms with Gasteiger partial charge < -0.3 is 0 Å². The van der Waals surface area contributed by atoms with Gasteiger partial charge in [-0.1, -0.05) is 22.9 Å². The van der Waals surface area contributed by atoms with Crippen LogP contribution in [0.25, 0.3) is 0 Å². The van der Waals surface area contributed by atoms with Crippen LogP contribution in [0.2, 0.25) is 0 Å². The van der Waals surface area contributed by atoms with Crippen LogP contribution >= 0.6 is 15.9 Å². The fraction of sp³-hybridized carbons (Fsp3) is 1.00. The van der Waals surface area contributed by atoms with Crippen molar-refractivity contribution in [1.82, 2.24) is 4.90 Å². The lowest BCUT2D eigenvalue weighted by Gasteiger charge is -2.33. The fourth-order valence-electron chi connectivity index (χ4n) is 1.73. The van der Waals surface area contributed by atoms with Gasteiger partial charge in [0.25, 0.3) is 6.43 Å². The van der Waals surface area contributed by atoms with Gasteiger partial charge in [-0.2, -0.15) is 0 Å². The van der Waals surface area contributed by atoms with Gasteiger partial charge in [-0.15, -0.1) is 0 Å². The van der Waals surface area contributed by atoms with Crippen molar-refractivity contribution < 1.29 is 8.78 Å². The minimum Gasteiger partial charge on any atom is -0.296 e. The van der Waals surface area contributed by atoms with E-state index in [0.29, 0.717) is 10.7 Å². The molecule has 1 aliphatic heterocycles. The third-order valence-electron chi connectivity index (χ3n) is 2.08. The fourth-order valence-corrected chi connectivity index (χ4v) is 2.77. The molecular weight excluding hydrogens is 228 g/mol. The predicted octanol–water partition coefficient (Wildman–Crippen LogP) is 2.36. The maximum Gasteiger partial charge on any atom is 0.251 e. The second-order valence-electron chi connectivity index (χ2n) is 3.55. The van der Waals surface area contributed by atoms with Crippen LogP contribution in [-0.2, 0) is 0 Å². The van der Waals surface area contributed by atoms with Crippen LogP contribution in [0, 0.1) is 5.92 Å². The summed E-state index contributed by atoms with van der Waals surface area (Å²) in [6.45, 7) is 3.60. The van der Waals surface area contributed by atoms with Gasteiger partial charge in [0, 0.05) is 17.9 Å². The van der Waals surface area contributed by atoms with E-state index in [-0.39, 0.29) is 6.54 Å². The van der Waals surface area contributed by atoms with Crippen molar-refractivity contribution in [2.45, 2.75) is 24.6 Å². The summed E-state index contributed by atoms with van der Waals surface area (Å²) in [4.78, 5) is 2.22. The molecule has 1 aliphatic rings. The lowest BCUT2D eigenvalue weighted by Crippen LogP contribution is -2.42. The Bertz CT molecular complexity index is 130. The van der Waals surface area contributed by atoms with Crippen LogP contribution in [0.4, 0.5) is 8.78 Å². The summed E-state index contributed by atoms with van der Waals surface area (Å²) in [5, 5.41) is 0. The molecule has 0 N–H and O–H groups in total. The molecule has 2 unspecified atom stereocenters. The summed E-state index contributed by atoms with van der Waals surface area (Å²) < 4.78 is 24.0. The van der Waals surface area contributed by atoms with E-state index in [1.54, 1.807) is 0 Å². The number of rotatable bonds is 2. The van der Waals surface area contributed by atoms with E-state index in [9.17, 15) is 8.78 Å². The summed E-state index contributed by atoms with van der Waals surface area (Å²) >= 11 is 3.47. The van der Waals surface area contributed by atoms with Crippen LogP contribution in [0.5, 0.6) is 0 Å². The Kier molecular flexibility index (Phi) is 3.90. The molecule has 1 saturated heterocycles. The topological polar surface area (TPSA) is 3.24 Å². The molecule has 0 aromatic heterocycles. The van der Waals surface area contributed by atoms with E-state index < -0.39 is 6.43 Å². The normalized spacial score (nSPS) is 32.8. The highest BCUT2D eigenvalue weighted by Gasteiger charge is 2.24. The van der Waals surface area contributed by atoms with E-state index in [4.69, 9.17) is 0 Å². The quantitative estimate of drug-likeness (QED) is 0.672. The minimum atomic E-state index is -2.20. The molecule has 0 aliphatic carbocycles. The SMILES string of the molecule is CC1CC(Br)CN(CC(F)F)C1. The monoisotopic (exact) mass is 241 g/mol. The van der Waals surface area contributed by atoms with Gasteiger partial charge in [-0.3, -0.25) is 4.90 Å². The number of hydrogen-bond acceptors (Lipinski definition) is 1. The Balaban J connectivity index is 2.34. The van der Waals surface area contributed by atoms with E-state index in [1.807, 2.05) is 4.90 Å². The zero-order valence-corrected chi connectivity index (χ0v) is 8.73. The van der Waals surface area contributed by atoms with Gasteiger partial charge in [0.05, 0.1) is 6.54 Å². The number of halogens is 3. The molecule has 12 heavy (non-hydrogen) atoms. The molecule has 1 fully saturated rings. The average Bonchev–Trinajstić information content (AvgIpc) is 1.81. The summed E-state index contributed by atoms with van der Waals surface area (Å²) in [6.07, 6.45) is -1.10. The van der Waals surface area contributed by atoms with Crippen molar-refractivity contribution in [3.05, 3.63) is 0 Å². The van der Waals surface area contributed by atoms with Crippen molar-refractivity contribution in [3.63, 3.8) is 0 Å². The first-order chi connectivity index (χ1) is 5.58. The van der Waals surface area contributed by atoms with Crippen LogP contribution in [0.1, 0.15) is 13.3 Å². The third-order valence-corrected chi connectivity index (χ3v) is 2.74. The standard InChI is InChI=1S/C8H14BrF2N/c1-6-2-7(9)4-12(3-6)5-8(10)11/h6-8H,2-5H2,1H3. The molecule has 4 heteroatoms. The van der Waals surface area contributed by atoms with Gasteiger partial charge in [0.2, 0.25) is 0 Å². The second-order valence-corrected chi connectivity index (χ2v) is 4.84. The highest BCUT2D eigenvalue weighted by atomic mass is 79.9. The summed E-state index contributed by atoms with van der Waals surface area (Å²) in [5.74, 6) is 0.530. The van der Waals surface area contributed by atoms with Crippen molar-refractivity contribution in [2.24, 2.45) is 5.92 Å².